The molecule has 18 rings (SSSR count). The Hall–Kier alpha value is -10.7. The second-order valence-electron chi connectivity index (χ2n) is 22.7. The number of hydrogen-bond acceptors (Lipinski definition) is 2. The monoisotopic (exact) mass is 1050 g/mol. The van der Waals surface area contributed by atoms with E-state index in [-0.39, 0.29) is 6.71 Å². The Balaban J connectivity index is 0.975. The fourth-order valence-electron chi connectivity index (χ4n) is 15.2. The predicted octanol–water partition coefficient (Wildman–Crippen LogP) is 18.2. The molecule has 3 heterocycles. The number of aromatic nitrogens is 1. The van der Waals surface area contributed by atoms with Crippen LogP contribution in [-0.2, 0) is 5.41 Å². The molecule has 0 amide bonds. The summed E-state index contributed by atoms with van der Waals surface area (Å²) in [5, 5.41) is 2.46. The number of rotatable bonds is 6. The van der Waals surface area contributed by atoms with Crippen LogP contribution in [0.4, 0.5) is 34.1 Å². The first-order valence-electron chi connectivity index (χ1n) is 28.9. The van der Waals surface area contributed by atoms with E-state index in [1.165, 1.54) is 127 Å². The van der Waals surface area contributed by atoms with Gasteiger partial charge in [0, 0.05) is 44.9 Å². The molecule has 0 N–H and O–H groups in total. The Morgan fingerprint density at radius 1 is 0.253 bits per heavy atom. The van der Waals surface area contributed by atoms with E-state index in [0.29, 0.717) is 0 Å². The van der Waals surface area contributed by atoms with Crippen LogP contribution in [0.2, 0.25) is 0 Å². The molecule has 14 aromatic rings. The van der Waals surface area contributed by atoms with Gasteiger partial charge in [0.15, 0.2) is 0 Å². The van der Waals surface area contributed by atoms with Crippen molar-refractivity contribution in [2.45, 2.75) is 5.41 Å². The molecule has 4 aliphatic rings. The molecule has 0 saturated heterocycles. The van der Waals surface area contributed by atoms with Crippen molar-refractivity contribution < 1.29 is 0 Å². The average molecular weight is 1050 g/mol. The lowest BCUT2D eigenvalue weighted by Gasteiger charge is -2.45. The third-order valence-electron chi connectivity index (χ3n) is 18.6. The predicted molar refractivity (Wildman–Crippen MR) is 347 cm³/mol. The van der Waals surface area contributed by atoms with Crippen LogP contribution >= 0.6 is 0 Å². The van der Waals surface area contributed by atoms with Crippen molar-refractivity contribution in [3.63, 3.8) is 0 Å². The van der Waals surface area contributed by atoms with Crippen LogP contribution in [0, 0.1) is 0 Å². The molecule has 0 unspecified atom stereocenters. The minimum atomic E-state index is -0.520. The molecular formula is C79H50BN3. The molecule has 1 spiro atoms. The molecule has 2 aliphatic heterocycles. The number of nitrogens with zero attached hydrogens (tertiary/aromatic N) is 3. The van der Waals surface area contributed by atoms with Crippen LogP contribution in [0.3, 0.4) is 0 Å². The van der Waals surface area contributed by atoms with Gasteiger partial charge in [0.25, 0.3) is 6.71 Å². The van der Waals surface area contributed by atoms with Crippen molar-refractivity contribution in [2.75, 3.05) is 9.80 Å². The van der Waals surface area contributed by atoms with E-state index in [1.54, 1.807) is 0 Å². The van der Waals surface area contributed by atoms with Gasteiger partial charge in [0.1, 0.15) is 0 Å². The van der Waals surface area contributed by atoms with Crippen molar-refractivity contribution in [3.8, 4) is 61.3 Å². The summed E-state index contributed by atoms with van der Waals surface area (Å²) in [5.74, 6) is 0. The third-order valence-corrected chi connectivity index (χ3v) is 18.6. The van der Waals surface area contributed by atoms with Crippen LogP contribution in [0.1, 0.15) is 22.3 Å². The summed E-state index contributed by atoms with van der Waals surface area (Å²) in [6, 6.07) is 114. The molecule has 0 atom stereocenters. The molecule has 0 bridgehead atoms. The van der Waals surface area contributed by atoms with Gasteiger partial charge in [0.05, 0.1) is 22.1 Å². The second-order valence-corrected chi connectivity index (χ2v) is 22.7. The first-order valence-corrected chi connectivity index (χ1v) is 28.9. The van der Waals surface area contributed by atoms with Gasteiger partial charge in [-0.05, 0) is 155 Å². The standard InChI is InChI=1S/C79H50BN3/c1-4-21-51(22-5-1)54-27-20-28-57(45-54)82-75-47-56(53-25-8-3-9-26-53)39-43-70(75)80-71-46-55(52-23-6-2-7-24-52)40-44-74(71)81(76-49-59(50-77(82)78(76)80)83-72-37-18-13-32-64(72)65-33-14-19-38-73(65)83)58-41-42-63-62-31-12-17-36-68(62)79(69(63)48-58)66-34-15-10-29-60(66)61-30-11-16-35-67(61)79/h1-50H. The average Bonchev–Trinajstić information content (AvgIpc) is 1.93. The van der Waals surface area contributed by atoms with Crippen LogP contribution in [-0.4, -0.2) is 11.3 Å². The zero-order chi connectivity index (χ0) is 54.3. The zero-order valence-corrected chi connectivity index (χ0v) is 45.3. The Labute approximate surface area is 483 Å². The summed E-state index contributed by atoms with van der Waals surface area (Å²) in [4.78, 5) is 5.22. The first-order chi connectivity index (χ1) is 41.2. The van der Waals surface area contributed by atoms with E-state index in [2.05, 4.69) is 318 Å². The summed E-state index contributed by atoms with van der Waals surface area (Å²) < 4.78 is 2.51. The van der Waals surface area contributed by atoms with Crippen molar-refractivity contribution in [3.05, 3.63) is 326 Å². The van der Waals surface area contributed by atoms with E-state index in [1.807, 2.05) is 0 Å². The van der Waals surface area contributed by atoms with Gasteiger partial charge in [-0.3, -0.25) is 0 Å². The number of benzene rings is 13. The number of anilines is 6. The number of hydrogen-bond donors (Lipinski definition) is 0. The van der Waals surface area contributed by atoms with E-state index in [9.17, 15) is 0 Å². The number of para-hydroxylation sites is 2. The number of fused-ring (bicyclic) bond motifs is 17. The highest BCUT2D eigenvalue weighted by atomic mass is 15.2. The van der Waals surface area contributed by atoms with Crippen LogP contribution < -0.4 is 26.2 Å². The zero-order valence-electron chi connectivity index (χ0n) is 45.3. The highest BCUT2D eigenvalue weighted by Crippen LogP contribution is 2.63. The van der Waals surface area contributed by atoms with Crippen molar-refractivity contribution in [2.24, 2.45) is 0 Å². The van der Waals surface area contributed by atoms with Crippen LogP contribution in [0.15, 0.2) is 303 Å². The van der Waals surface area contributed by atoms with Gasteiger partial charge >= 0.3 is 0 Å². The summed E-state index contributed by atoms with van der Waals surface area (Å²) in [6.07, 6.45) is 0. The SMILES string of the molecule is c1ccc(-c2cccc(N3c4cc(-c5ccccc5)ccc4B4c5cc(-c6ccccc6)ccc5N(c5ccc6c(c5)C5(c7ccccc7-c7ccccc75)c5ccccc5-6)c5cc(-n6c7ccccc7c7ccccc76)cc3c54)c2)cc1. The van der Waals surface area contributed by atoms with E-state index in [4.69, 9.17) is 0 Å². The van der Waals surface area contributed by atoms with Crippen LogP contribution in [0.25, 0.3) is 83.1 Å². The van der Waals surface area contributed by atoms with Gasteiger partial charge in [0.2, 0.25) is 0 Å². The molecule has 83 heavy (non-hydrogen) atoms. The topological polar surface area (TPSA) is 11.4 Å². The van der Waals surface area contributed by atoms with Gasteiger partial charge in [-0.25, -0.2) is 0 Å². The summed E-state index contributed by atoms with van der Waals surface area (Å²) in [5.41, 5.74) is 31.2. The Bertz CT molecular complexity index is 4890. The second kappa shape index (κ2) is 17.7. The van der Waals surface area contributed by atoms with Gasteiger partial charge in [-0.15, -0.1) is 0 Å². The fourth-order valence-corrected chi connectivity index (χ4v) is 15.2. The largest absolute Gasteiger partial charge is 0.311 e. The van der Waals surface area contributed by atoms with Crippen molar-refractivity contribution in [1.82, 2.24) is 4.57 Å². The quantitative estimate of drug-likeness (QED) is 0.154. The molecular weight excluding hydrogens is 1000 g/mol. The van der Waals surface area contributed by atoms with Gasteiger partial charge in [-0.2, -0.15) is 0 Å². The van der Waals surface area contributed by atoms with E-state index in [0.717, 1.165) is 28.4 Å². The lowest BCUT2D eigenvalue weighted by Crippen LogP contribution is -2.61. The minimum absolute atomic E-state index is 0.130. The Morgan fingerprint density at radius 2 is 0.711 bits per heavy atom. The van der Waals surface area contributed by atoms with Gasteiger partial charge in [-0.1, -0.05) is 243 Å². The molecule has 13 aromatic carbocycles. The smallest absolute Gasteiger partial charge is 0.252 e. The van der Waals surface area contributed by atoms with E-state index >= 15 is 0 Å². The molecule has 3 nitrogen and oxygen atoms in total. The Kier molecular flexibility index (Phi) is 9.81. The third kappa shape index (κ3) is 6.52. The minimum Gasteiger partial charge on any atom is -0.311 e. The summed E-state index contributed by atoms with van der Waals surface area (Å²) in [7, 11) is 0. The maximum Gasteiger partial charge on any atom is 0.252 e. The summed E-state index contributed by atoms with van der Waals surface area (Å²) in [6.45, 7) is -0.130. The normalized spacial score (nSPS) is 13.6. The molecule has 4 heteroatoms. The lowest BCUT2D eigenvalue weighted by molar-refractivity contribution is 0.793. The van der Waals surface area contributed by atoms with Crippen molar-refractivity contribution >= 4 is 79.0 Å². The maximum absolute atomic E-state index is 2.63. The van der Waals surface area contributed by atoms with Gasteiger partial charge < -0.3 is 14.4 Å². The van der Waals surface area contributed by atoms with Crippen molar-refractivity contribution in [1.29, 1.82) is 0 Å². The molecule has 0 radical (unpaired) electrons. The summed E-state index contributed by atoms with van der Waals surface area (Å²) >= 11 is 0. The van der Waals surface area contributed by atoms with E-state index < -0.39 is 5.41 Å². The molecule has 0 saturated carbocycles. The molecule has 0 fully saturated rings. The molecule has 384 valence electrons. The highest BCUT2D eigenvalue weighted by molar-refractivity contribution is 7.00. The highest BCUT2D eigenvalue weighted by Gasteiger charge is 2.52. The first kappa shape index (κ1) is 46.1. The molecule has 2 aliphatic carbocycles. The Morgan fingerprint density at radius 3 is 1.30 bits per heavy atom. The fraction of sp³-hybridized carbons (Fsp3) is 0.0127. The lowest BCUT2D eigenvalue weighted by atomic mass is 9.33. The molecule has 1 aromatic heterocycles. The maximum atomic E-state index is 2.63. The van der Waals surface area contributed by atoms with Crippen LogP contribution in [0.5, 0.6) is 0 Å².